The summed E-state index contributed by atoms with van der Waals surface area (Å²) in [5, 5.41) is 19.1. The summed E-state index contributed by atoms with van der Waals surface area (Å²) in [7, 11) is 1.58. The van der Waals surface area contributed by atoms with Crippen LogP contribution in [0.25, 0.3) is 0 Å². The molecule has 0 aromatic heterocycles. The van der Waals surface area contributed by atoms with Gasteiger partial charge < -0.3 is 10.0 Å². The van der Waals surface area contributed by atoms with Crippen LogP contribution in [0.2, 0.25) is 5.02 Å². The lowest BCUT2D eigenvalue weighted by atomic mass is 9.95. The monoisotopic (exact) mass is 333 g/mol. The minimum Gasteiger partial charge on any atom is -0.393 e. The predicted molar refractivity (Wildman–Crippen MR) is 84.1 cm³/mol. The van der Waals surface area contributed by atoms with Crippen molar-refractivity contribution in [3.05, 3.63) is 28.3 Å². The van der Waals surface area contributed by atoms with Crippen molar-refractivity contribution in [2.24, 2.45) is 0 Å². The van der Waals surface area contributed by atoms with Gasteiger partial charge in [0.25, 0.3) is 5.91 Å². The van der Waals surface area contributed by atoms with E-state index in [-0.39, 0.29) is 17.4 Å². The van der Waals surface area contributed by atoms with Crippen LogP contribution in [0, 0.1) is 18.3 Å². The van der Waals surface area contributed by atoms with E-state index >= 15 is 0 Å². The van der Waals surface area contributed by atoms with Crippen molar-refractivity contribution < 1.29 is 14.7 Å². The third-order valence-electron chi connectivity index (χ3n) is 4.91. The van der Waals surface area contributed by atoms with E-state index in [2.05, 4.69) is 0 Å². The first-order chi connectivity index (χ1) is 10.8. The van der Waals surface area contributed by atoms with E-state index < -0.39 is 17.7 Å². The second-order valence-corrected chi connectivity index (χ2v) is 6.47. The van der Waals surface area contributed by atoms with Gasteiger partial charge in [-0.25, -0.2) is 9.69 Å². The highest BCUT2D eigenvalue weighted by molar-refractivity contribution is 6.33. The number of carbonyl (C=O) groups is 2. The number of imide groups is 1. The fraction of sp³-hybridized carbons (Fsp3) is 0.438. The number of rotatable bonds is 1. The second kappa shape index (κ2) is 5.22. The Morgan fingerprint density at radius 3 is 2.70 bits per heavy atom. The largest absolute Gasteiger partial charge is 0.393 e. The first-order valence-corrected chi connectivity index (χ1v) is 7.71. The Balaban J connectivity index is 2.09. The Morgan fingerprint density at radius 2 is 2.13 bits per heavy atom. The Morgan fingerprint density at radius 1 is 1.43 bits per heavy atom. The molecule has 1 aliphatic heterocycles. The molecule has 6 nitrogen and oxygen atoms in total. The Kier molecular flexibility index (Phi) is 3.58. The van der Waals surface area contributed by atoms with E-state index in [1.165, 1.54) is 11.0 Å². The van der Waals surface area contributed by atoms with Crippen molar-refractivity contribution >= 4 is 29.2 Å². The number of likely N-dealkylation sites (N-methyl/N-ethyl adjacent to an activating group) is 1. The average molecular weight is 334 g/mol. The molecule has 1 saturated carbocycles. The molecule has 3 rings (SSSR count). The SMILES string of the molecule is Cc1c(N2C(=O)N(C)C3(CCC(O)C3)C2=O)ccc(C#N)c1Cl. The molecule has 2 aliphatic rings. The highest BCUT2D eigenvalue weighted by atomic mass is 35.5. The lowest BCUT2D eigenvalue weighted by molar-refractivity contribution is -0.124. The minimum absolute atomic E-state index is 0.237. The third kappa shape index (κ3) is 2.04. The van der Waals surface area contributed by atoms with Crippen LogP contribution in [0.4, 0.5) is 10.5 Å². The van der Waals surface area contributed by atoms with Gasteiger partial charge in [-0.05, 0) is 37.5 Å². The van der Waals surface area contributed by atoms with E-state index in [4.69, 9.17) is 16.9 Å². The van der Waals surface area contributed by atoms with Gasteiger partial charge in [-0.3, -0.25) is 4.79 Å². The number of aliphatic hydroxyl groups excluding tert-OH is 1. The zero-order valence-electron chi connectivity index (χ0n) is 12.8. The molecule has 1 N–H and O–H groups in total. The molecule has 23 heavy (non-hydrogen) atoms. The normalized spacial score (nSPS) is 27.2. The molecule has 1 aromatic carbocycles. The summed E-state index contributed by atoms with van der Waals surface area (Å²) in [6.45, 7) is 1.67. The molecule has 2 unspecified atom stereocenters. The smallest absolute Gasteiger partial charge is 0.332 e. The summed E-state index contributed by atoms with van der Waals surface area (Å²) in [4.78, 5) is 28.1. The number of nitrogens with zero attached hydrogens (tertiary/aromatic N) is 3. The molecule has 120 valence electrons. The number of urea groups is 1. The summed E-state index contributed by atoms with van der Waals surface area (Å²) in [5.74, 6) is -0.342. The lowest BCUT2D eigenvalue weighted by Gasteiger charge is -2.27. The average Bonchev–Trinajstić information content (AvgIpc) is 3.00. The van der Waals surface area contributed by atoms with E-state index in [1.807, 2.05) is 6.07 Å². The highest BCUT2D eigenvalue weighted by Crippen LogP contribution is 2.44. The predicted octanol–water partition coefficient (Wildman–Crippen LogP) is 2.20. The van der Waals surface area contributed by atoms with Gasteiger partial charge in [0.05, 0.1) is 22.4 Å². The number of amides is 3. The maximum atomic E-state index is 13.0. The Hall–Kier alpha value is -2.10. The van der Waals surface area contributed by atoms with Crippen LogP contribution in [0.3, 0.4) is 0 Å². The summed E-state index contributed by atoms with van der Waals surface area (Å²) in [6.07, 6.45) is 0.590. The molecule has 1 aliphatic carbocycles. The molecule has 1 spiro atoms. The van der Waals surface area contributed by atoms with Crippen LogP contribution in [0.5, 0.6) is 0 Å². The van der Waals surface area contributed by atoms with E-state index in [0.29, 0.717) is 29.7 Å². The standard InChI is InChI=1S/C16H16ClN3O3/c1-9-12(4-3-10(8-18)13(9)17)20-14(22)16(19(2)15(20)23)6-5-11(21)7-16/h3-4,11,21H,5-7H2,1-2H3. The zero-order chi connectivity index (χ0) is 16.9. The molecule has 0 radical (unpaired) electrons. The van der Waals surface area contributed by atoms with Crippen LogP contribution < -0.4 is 4.90 Å². The van der Waals surface area contributed by atoms with E-state index in [9.17, 15) is 14.7 Å². The molecule has 7 heteroatoms. The van der Waals surface area contributed by atoms with Crippen LogP contribution in [0.1, 0.15) is 30.4 Å². The maximum absolute atomic E-state index is 13.0. The van der Waals surface area contributed by atoms with Gasteiger partial charge in [0, 0.05) is 13.5 Å². The number of nitriles is 1. The molecule has 2 fully saturated rings. The molecule has 3 amide bonds. The minimum atomic E-state index is -0.983. The van der Waals surface area contributed by atoms with Crippen molar-refractivity contribution in [1.82, 2.24) is 4.90 Å². The molecular weight excluding hydrogens is 318 g/mol. The van der Waals surface area contributed by atoms with Gasteiger partial charge in [0.2, 0.25) is 0 Å². The molecule has 2 atom stereocenters. The molecule has 0 bridgehead atoms. The van der Waals surface area contributed by atoms with Gasteiger partial charge in [-0.1, -0.05) is 11.6 Å². The van der Waals surface area contributed by atoms with E-state index in [0.717, 1.165) is 4.90 Å². The zero-order valence-corrected chi connectivity index (χ0v) is 13.6. The summed E-state index contributed by atoms with van der Waals surface area (Å²) >= 11 is 6.16. The van der Waals surface area contributed by atoms with Crippen molar-refractivity contribution in [2.75, 3.05) is 11.9 Å². The van der Waals surface area contributed by atoms with Crippen molar-refractivity contribution in [2.45, 2.75) is 37.8 Å². The summed E-state index contributed by atoms with van der Waals surface area (Å²) in [6, 6.07) is 4.60. The van der Waals surface area contributed by atoms with Crippen LogP contribution in [-0.4, -0.2) is 40.6 Å². The van der Waals surface area contributed by atoms with Crippen LogP contribution in [-0.2, 0) is 4.79 Å². The number of hydrogen-bond acceptors (Lipinski definition) is 4. The number of hydrogen-bond donors (Lipinski definition) is 1. The Bertz CT molecular complexity index is 758. The first-order valence-electron chi connectivity index (χ1n) is 7.33. The second-order valence-electron chi connectivity index (χ2n) is 6.09. The number of carbonyl (C=O) groups excluding carboxylic acids is 2. The Labute approximate surface area is 138 Å². The first kappa shape index (κ1) is 15.8. The quantitative estimate of drug-likeness (QED) is 0.798. The van der Waals surface area contributed by atoms with Crippen LogP contribution >= 0.6 is 11.6 Å². The van der Waals surface area contributed by atoms with Crippen molar-refractivity contribution in [3.63, 3.8) is 0 Å². The molecule has 1 heterocycles. The van der Waals surface area contributed by atoms with E-state index in [1.54, 1.807) is 20.0 Å². The molecular formula is C16H16ClN3O3. The van der Waals surface area contributed by atoms with Crippen LogP contribution in [0.15, 0.2) is 12.1 Å². The number of benzene rings is 1. The fourth-order valence-electron chi connectivity index (χ4n) is 3.49. The number of aliphatic hydroxyl groups is 1. The van der Waals surface area contributed by atoms with Gasteiger partial charge in [-0.15, -0.1) is 0 Å². The van der Waals surface area contributed by atoms with Crippen molar-refractivity contribution in [1.29, 1.82) is 5.26 Å². The van der Waals surface area contributed by atoms with Gasteiger partial charge >= 0.3 is 6.03 Å². The summed E-state index contributed by atoms with van der Waals surface area (Å²) in [5.41, 5.74) is 0.209. The van der Waals surface area contributed by atoms with Crippen molar-refractivity contribution in [3.8, 4) is 6.07 Å². The maximum Gasteiger partial charge on any atom is 0.332 e. The number of halogens is 1. The van der Waals surface area contributed by atoms with Gasteiger partial charge in [0.15, 0.2) is 0 Å². The van der Waals surface area contributed by atoms with Gasteiger partial charge in [0.1, 0.15) is 11.6 Å². The van der Waals surface area contributed by atoms with Gasteiger partial charge in [-0.2, -0.15) is 5.26 Å². The number of anilines is 1. The topological polar surface area (TPSA) is 84.6 Å². The summed E-state index contributed by atoms with van der Waals surface area (Å²) < 4.78 is 0. The highest BCUT2D eigenvalue weighted by Gasteiger charge is 2.59. The lowest BCUT2D eigenvalue weighted by Crippen LogP contribution is -2.46. The molecule has 1 saturated heterocycles. The fourth-order valence-corrected chi connectivity index (χ4v) is 3.69. The third-order valence-corrected chi connectivity index (χ3v) is 5.39. The molecule has 1 aromatic rings.